The molecule has 5 nitrogen and oxygen atoms in total. The predicted molar refractivity (Wildman–Crippen MR) is 93.2 cm³/mol. The van der Waals surface area contributed by atoms with Gasteiger partial charge in [0.15, 0.2) is 0 Å². The van der Waals surface area contributed by atoms with Gasteiger partial charge in [0.25, 0.3) is 0 Å². The van der Waals surface area contributed by atoms with Gasteiger partial charge in [0.1, 0.15) is 5.82 Å². The van der Waals surface area contributed by atoms with Crippen molar-refractivity contribution >= 4 is 12.6 Å². The van der Waals surface area contributed by atoms with Crippen molar-refractivity contribution in [2.75, 3.05) is 0 Å². The minimum atomic E-state index is -6.26. The first kappa shape index (κ1) is 23.6. The van der Waals surface area contributed by atoms with Gasteiger partial charge in [-0.25, -0.2) is 4.68 Å². The molecule has 0 N–H and O–H groups in total. The fourth-order valence-corrected chi connectivity index (χ4v) is 3.11. The number of aromatic nitrogens is 3. The second kappa shape index (κ2) is 6.71. The molecule has 1 fully saturated rings. The molecule has 0 amide bonds. The van der Waals surface area contributed by atoms with Crippen molar-refractivity contribution < 1.29 is 44.4 Å². The molecule has 1 saturated heterocycles. The topological polar surface area (TPSA) is 41.2 Å². The molecule has 2 aromatic heterocycles. The van der Waals surface area contributed by atoms with Crippen molar-refractivity contribution in [3.63, 3.8) is 0 Å². The molecule has 0 radical (unpaired) electrons. The third-order valence-corrected chi connectivity index (χ3v) is 5.47. The number of nitrogens with zero attached hydrogens (tertiary/aromatic N) is 3. The summed E-state index contributed by atoms with van der Waals surface area (Å²) in [6.45, 7) is 6.91. The summed E-state index contributed by atoms with van der Waals surface area (Å²) in [5.74, 6) is -6.87. The maximum absolute atomic E-state index is 14.2. The van der Waals surface area contributed by atoms with E-state index in [2.05, 4.69) is 5.10 Å². The standard InChI is InChI=1S/C17H18BF8N3O2/c1-13(2)14(3,4)31-18(30-13)9-6-27-29(7-9)12-11(15(19,20)17(24,25)26)10(8-28(12)5)16(21,22)23/h6-8H,1-5H3. The van der Waals surface area contributed by atoms with Gasteiger partial charge in [-0.3, -0.25) is 0 Å². The highest BCUT2D eigenvalue weighted by molar-refractivity contribution is 6.62. The van der Waals surface area contributed by atoms with E-state index in [0.717, 1.165) is 19.4 Å². The van der Waals surface area contributed by atoms with Crippen LogP contribution in [0.1, 0.15) is 38.8 Å². The van der Waals surface area contributed by atoms with Crippen LogP contribution in [-0.4, -0.2) is 38.8 Å². The monoisotopic (exact) mass is 459 g/mol. The van der Waals surface area contributed by atoms with E-state index in [0.29, 0.717) is 9.25 Å². The van der Waals surface area contributed by atoms with Crippen LogP contribution in [0.25, 0.3) is 5.82 Å². The first-order chi connectivity index (χ1) is 13.8. The molecule has 0 atom stereocenters. The van der Waals surface area contributed by atoms with Gasteiger partial charge in [0.2, 0.25) is 0 Å². The first-order valence-electron chi connectivity index (χ1n) is 8.92. The fraction of sp³-hybridized carbons (Fsp3) is 0.588. The molecule has 2 aromatic rings. The smallest absolute Gasteiger partial charge is 0.399 e. The third kappa shape index (κ3) is 3.73. The largest absolute Gasteiger partial charge is 0.498 e. The van der Waals surface area contributed by atoms with Gasteiger partial charge in [-0.15, -0.1) is 0 Å². The Balaban J connectivity index is 2.15. The van der Waals surface area contributed by atoms with E-state index in [-0.39, 0.29) is 11.7 Å². The number of alkyl halides is 8. The van der Waals surface area contributed by atoms with Crippen LogP contribution in [0.3, 0.4) is 0 Å². The Morgan fingerprint density at radius 1 is 0.903 bits per heavy atom. The molecular weight excluding hydrogens is 441 g/mol. The van der Waals surface area contributed by atoms with E-state index < -0.39 is 53.5 Å². The Labute approximate surface area is 172 Å². The van der Waals surface area contributed by atoms with Crippen LogP contribution in [0.5, 0.6) is 0 Å². The normalized spacial score (nSPS) is 19.3. The Bertz CT molecular complexity index is 975. The molecule has 14 heteroatoms. The first-order valence-corrected chi connectivity index (χ1v) is 8.92. The lowest BCUT2D eigenvalue weighted by molar-refractivity contribution is -0.290. The quantitative estimate of drug-likeness (QED) is 0.511. The van der Waals surface area contributed by atoms with Crippen molar-refractivity contribution in [3.8, 4) is 5.82 Å². The molecule has 0 saturated carbocycles. The van der Waals surface area contributed by atoms with Crippen molar-refractivity contribution in [1.82, 2.24) is 14.3 Å². The molecule has 0 unspecified atom stereocenters. The number of rotatable bonds is 3. The molecular formula is C17H18BF8N3O2. The zero-order valence-electron chi connectivity index (χ0n) is 17.0. The summed E-state index contributed by atoms with van der Waals surface area (Å²) < 4.78 is 120. The zero-order chi connectivity index (χ0) is 23.8. The van der Waals surface area contributed by atoms with E-state index >= 15 is 0 Å². The predicted octanol–water partition coefficient (Wildman–Crippen LogP) is 4.18. The maximum atomic E-state index is 14.2. The highest BCUT2D eigenvalue weighted by Gasteiger charge is 2.63. The summed E-state index contributed by atoms with van der Waals surface area (Å²) in [7, 11) is -0.135. The van der Waals surface area contributed by atoms with Gasteiger partial charge in [-0.05, 0) is 27.7 Å². The summed E-state index contributed by atoms with van der Waals surface area (Å²) in [5, 5.41) is 3.71. The summed E-state index contributed by atoms with van der Waals surface area (Å²) >= 11 is 0. The molecule has 31 heavy (non-hydrogen) atoms. The van der Waals surface area contributed by atoms with E-state index in [1.807, 2.05) is 0 Å². The third-order valence-electron chi connectivity index (χ3n) is 5.47. The van der Waals surface area contributed by atoms with E-state index in [9.17, 15) is 35.1 Å². The number of aryl methyl sites for hydroxylation is 1. The van der Waals surface area contributed by atoms with E-state index in [1.165, 1.54) is 0 Å². The summed E-state index contributed by atoms with van der Waals surface area (Å²) in [6, 6.07) is 0. The lowest BCUT2D eigenvalue weighted by Crippen LogP contribution is -2.41. The molecule has 0 aromatic carbocycles. The Morgan fingerprint density at radius 3 is 1.87 bits per heavy atom. The maximum Gasteiger partial charge on any atom is 0.498 e. The second-order valence-electron chi connectivity index (χ2n) is 8.23. The Kier molecular flexibility index (Phi) is 5.10. The van der Waals surface area contributed by atoms with Crippen LogP contribution in [0.2, 0.25) is 0 Å². The van der Waals surface area contributed by atoms with Gasteiger partial charge >= 0.3 is 25.4 Å². The summed E-state index contributed by atoms with van der Waals surface area (Å²) in [5.41, 5.74) is -5.79. The minimum absolute atomic E-state index is 0.134. The van der Waals surface area contributed by atoms with Crippen LogP contribution in [0, 0.1) is 0 Å². The van der Waals surface area contributed by atoms with Crippen molar-refractivity contribution in [3.05, 3.63) is 29.7 Å². The van der Waals surface area contributed by atoms with Crippen LogP contribution in [0.4, 0.5) is 35.1 Å². The molecule has 3 rings (SSSR count). The Morgan fingerprint density at radius 2 is 1.42 bits per heavy atom. The van der Waals surface area contributed by atoms with Crippen molar-refractivity contribution in [2.45, 2.75) is 57.2 Å². The minimum Gasteiger partial charge on any atom is -0.399 e. The molecule has 172 valence electrons. The molecule has 0 spiro atoms. The zero-order valence-corrected chi connectivity index (χ0v) is 17.0. The summed E-state index contributed by atoms with van der Waals surface area (Å²) in [6.07, 6.45) is -9.49. The van der Waals surface area contributed by atoms with Crippen LogP contribution < -0.4 is 5.46 Å². The molecule has 0 aliphatic carbocycles. The number of halogens is 8. The summed E-state index contributed by atoms with van der Waals surface area (Å²) in [4.78, 5) is 0. The lowest BCUT2D eigenvalue weighted by atomic mass is 9.82. The number of hydrogen-bond acceptors (Lipinski definition) is 3. The second-order valence-corrected chi connectivity index (χ2v) is 8.23. The Hall–Kier alpha value is -2.09. The van der Waals surface area contributed by atoms with Gasteiger partial charge < -0.3 is 13.9 Å². The molecule has 1 aliphatic rings. The molecule has 1 aliphatic heterocycles. The van der Waals surface area contributed by atoms with Crippen molar-refractivity contribution in [2.24, 2.45) is 7.05 Å². The van der Waals surface area contributed by atoms with Gasteiger partial charge in [0.05, 0.1) is 22.3 Å². The van der Waals surface area contributed by atoms with Gasteiger partial charge in [-0.2, -0.15) is 40.2 Å². The van der Waals surface area contributed by atoms with Gasteiger partial charge in [0, 0.05) is 31.1 Å². The molecule has 0 bridgehead atoms. The van der Waals surface area contributed by atoms with Crippen LogP contribution >= 0.6 is 0 Å². The SMILES string of the molecule is Cn1cc(C(F)(F)F)c(C(F)(F)C(F)(F)F)c1-n1cc(B2OC(C)(C)C(C)(C)O2)cn1. The average Bonchev–Trinajstić information content (AvgIpc) is 3.20. The van der Waals surface area contributed by atoms with Crippen molar-refractivity contribution in [1.29, 1.82) is 0 Å². The van der Waals surface area contributed by atoms with E-state index in [4.69, 9.17) is 9.31 Å². The lowest BCUT2D eigenvalue weighted by Gasteiger charge is -2.32. The molecule has 3 heterocycles. The highest BCUT2D eigenvalue weighted by atomic mass is 19.4. The van der Waals surface area contributed by atoms with Crippen LogP contribution in [-0.2, 0) is 28.5 Å². The number of hydrogen-bond donors (Lipinski definition) is 0. The highest BCUT2D eigenvalue weighted by Crippen LogP contribution is 2.50. The van der Waals surface area contributed by atoms with Gasteiger partial charge in [-0.1, -0.05) is 0 Å². The fourth-order valence-electron chi connectivity index (χ4n) is 3.11. The van der Waals surface area contributed by atoms with E-state index in [1.54, 1.807) is 27.7 Å². The van der Waals surface area contributed by atoms with Crippen LogP contribution in [0.15, 0.2) is 18.6 Å². The average molecular weight is 459 g/mol.